The summed E-state index contributed by atoms with van der Waals surface area (Å²) in [6, 6.07) is 10.6. The summed E-state index contributed by atoms with van der Waals surface area (Å²) in [6.07, 6.45) is 7.03. The Labute approximate surface area is 189 Å². The molecule has 8 heteroatoms. The Morgan fingerprint density at radius 2 is 1.78 bits per heavy atom. The van der Waals surface area contributed by atoms with Crippen molar-refractivity contribution in [1.29, 1.82) is 0 Å². The van der Waals surface area contributed by atoms with Gasteiger partial charge >= 0.3 is 0 Å². The van der Waals surface area contributed by atoms with Gasteiger partial charge in [-0.25, -0.2) is 8.42 Å². The molecule has 0 aromatic heterocycles. The highest BCUT2D eigenvalue weighted by molar-refractivity contribution is 7.89. The molecule has 1 aliphatic carbocycles. The van der Waals surface area contributed by atoms with Crippen LogP contribution in [0.4, 0.5) is 5.69 Å². The Balaban J connectivity index is 1.46. The van der Waals surface area contributed by atoms with Crippen molar-refractivity contribution < 1.29 is 22.7 Å². The lowest BCUT2D eigenvalue weighted by Gasteiger charge is -2.26. The van der Waals surface area contributed by atoms with Gasteiger partial charge in [-0.3, -0.25) is 4.79 Å². The zero-order chi connectivity index (χ0) is 22.6. The first-order valence-electron chi connectivity index (χ1n) is 11.2. The minimum atomic E-state index is -3.70. The SMILES string of the molecule is COc1ccc(NC(=O)COc2cccc3c2CCCC3)cc1S(=O)(=O)N1CCCCC1. The van der Waals surface area contributed by atoms with Crippen LogP contribution in [0.3, 0.4) is 0 Å². The lowest BCUT2D eigenvalue weighted by Crippen LogP contribution is -2.35. The van der Waals surface area contributed by atoms with Crippen LogP contribution in [0.25, 0.3) is 0 Å². The fraction of sp³-hybridized carbons (Fsp3) is 0.458. The molecular formula is C24H30N2O5S. The first-order valence-corrected chi connectivity index (χ1v) is 12.6. The van der Waals surface area contributed by atoms with E-state index in [4.69, 9.17) is 9.47 Å². The fourth-order valence-electron chi connectivity index (χ4n) is 4.42. The Bertz CT molecular complexity index is 1080. The molecule has 2 aromatic carbocycles. The normalized spacial score (nSPS) is 16.8. The molecule has 1 aliphatic heterocycles. The minimum Gasteiger partial charge on any atom is -0.495 e. The molecule has 0 unspecified atom stereocenters. The van der Waals surface area contributed by atoms with Crippen LogP contribution >= 0.6 is 0 Å². The maximum atomic E-state index is 13.2. The second-order valence-electron chi connectivity index (χ2n) is 8.27. The van der Waals surface area contributed by atoms with E-state index in [1.54, 1.807) is 12.1 Å². The van der Waals surface area contributed by atoms with Gasteiger partial charge in [0.1, 0.15) is 16.4 Å². The summed E-state index contributed by atoms with van der Waals surface area (Å²) in [7, 11) is -2.26. The van der Waals surface area contributed by atoms with Crippen LogP contribution in [0.2, 0.25) is 0 Å². The van der Waals surface area contributed by atoms with Gasteiger partial charge in [0.15, 0.2) is 6.61 Å². The zero-order valence-electron chi connectivity index (χ0n) is 18.4. The summed E-state index contributed by atoms with van der Waals surface area (Å²) in [5, 5.41) is 2.76. The van der Waals surface area contributed by atoms with E-state index in [1.165, 1.54) is 35.0 Å². The van der Waals surface area contributed by atoms with Crippen molar-refractivity contribution in [2.24, 2.45) is 0 Å². The molecule has 0 radical (unpaired) electrons. The minimum absolute atomic E-state index is 0.0674. The number of nitrogens with zero attached hydrogens (tertiary/aromatic N) is 1. The highest BCUT2D eigenvalue weighted by atomic mass is 32.2. The van der Waals surface area contributed by atoms with Gasteiger partial charge < -0.3 is 14.8 Å². The number of hydrogen-bond donors (Lipinski definition) is 1. The van der Waals surface area contributed by atoms with Gasteiger partial charge in [0.2, 0.25) is 10.0 Å². The van der Waals surface area contributed by atoms with Crippen molar-refractivity contribution in [2.45, 2.75) is 49.8 Å². The molecule has 1 fully saturated rings. The molecule has 0 atom stereocenters. The summed E-state index contributed by atoms with van der Waals surface area (Å²) in [6.45, 7) is 0.852. The summed E-state index contributed by atoms with van der Waals surface area (Å²) in [5.74, 6) is 0.672. The van der Waals surface area contributed by atoms with Crippen LogP contribution in [0.15, 0.2) is 41.3 Å². The highest BCUT2D eigenvalue weighted by Gasteiger charge is 2.29. The van der Waals surface area contributed by atoms with Gasteiger partial charge in [0.25, 0.3) is 5.91 Å². The largest absolute Gasteiger partial charge is 0.495 e. The van der Waals surface area contributed by atoms with E-state index >= 15 is 0 Å². The van der Waals surface area contributed by atoms with Gasteiger partial charge in [0.05, 0.1) is 7.11 Å². The number of rotatable bonds is 7. The zero-order valence-corrected chi connectivity index (χ0v) is 19.2. The molecule has 2 aliphatic rings. The first-order chi connectivity index (χ1) is 15.5. The van der Waals surface area contributed by atoms with Gasteiger partial charge in [-0.2, -0.15) is 4.31 Å². The standard InChI is InChI=1S/C24H30N2O5S/c1-30-22-13-12-19(16-23(22)32(28,29)26-14-5-2-6-15-26)25-24(27)17-31-21-11-7-9-18-8-3-4-10-20(18)21/h7,9,11-13,16H,2-6,8,10,14-15,17H2,1H3,(H,25,27). The number of benzene rings is 2. The lowest BCUT2D eigenvalue weighted by atomic mass is 9.91. The number of fused-ring (bicyclic) bond motifs is 1. The number of nitrogens with one attached hydrogen (secondary N) is 1. The van der Waals surface area contributed by atoms with Gasteiger partial charge in [-0.15, -0.1) is 0 Å². The third-order valence-electron chi connectivity index (χ3n) is 6.09. The highest BCUT2D eigenvalue weighted by Crippen LogP contribution is 2.32. The first kappa shape index (κ1) is 22.6. The third-order valence-corrected chi connectivity index (χ3v) is 8.01. The number of ether oxygens (including phenoxy) is 2. The Morgan fingerprint density at radius 3 is 2.56 bits per heavy atom. The molecule has 7 nitrogen and oxygen atoms in total. The summed E-state index contributed by atoms with van der Waals surface area (Å²) in [4.78, 5) is 12.6. The summed E-state index contributed by atoms with van der Waals surface area (Å²) in [5.41, 5.74) is 2.87. The van der Waals surface area contributed by atoms with Crippen LogP contribution in [0.5, 0.6) is 11.5 Å². The summed E-state index contributed by atoms with van der Waals surface area (Å²) < 4.78 is 38.9. The molecule has 1 N–H and O–H groups in total. The molecule has 2 aromatic rings. The molecule has 1 amide bonds. The molecule has 172 valence electrons. The number of amides is 1. The molecule has 0 bridgehead atoms. The molecule has 4 rings (SSSR count). The van der Waals surface area contributed by atoms with Crippen molar-refractivity contribution in [1.82, 2.24) is 4.31 Å². The average Bonchev–Trinajstić information content (AvgIpc) is 2.83. The number of carbonyl (C=O) groups excluding carboxylic acids is 1. The van der Waals surface area contributed by atoms with E-state index in [2.05, 4.69) is 11.4 Å². The van der Waals surface area contributed by atoms with Gasteiger partial charge in [0, 0.05) is 18.8 Å². The Morgan fingerprint density at radius 1 is 1.00 bits per heavy atom. The number of aryl methyl sites for hydroxylation is 1. The maximum absolute atomic E-state index is 13.2. The van der Waals surface area contributed by atoms with Crippen LogP contribution < -0.4 is 14.8 Å². The Kier molecular flexibility index (Phi) is 7.01. The molecular weight excluding hydrogens is 428 g/mol. The number of carbonyl (C=O) groups is 1. The monoisotopic (exact) mass is 458 g/mol. The number of sulfonamides is 1. The third kappa shape index (κ3) is 4.91. The van der Waals surface area contributed by atoms with E-state index in [-0.39, 0.29) is 23.2 Å². The molecule has 0 saturated carbocycles. The van der Waals surface area contributed by atoms with Crippen LogP contribution in [0.1, 0.15) is 43.2 Å². The van der Waals surface area contributed by atoms with Crippen LogP contribution in [0, 0.1) is 0 Å². The molecule has 32 heavy (non-hydrogen) atoms. The van der Waals surface area contributed by atoms with Crippen LogP contribution in [-0.2, 0) is 27.7 Å². The van der Waals surface area contributed by atoms with Crippen molar-refractivity contribution >= 4 is 21.6 Å². The maximum Gasteiger partial charge on any atom is 0.262 e. The number of hydrogen-bond acceptors (Lipinski definition) is 5. The predicted octanol–water partition coefficient (Wildman–Crippen LogP) is 3.77. The Hall–Kier alpha value is -2.58. The van der Waals surface area contributed by atoms with E-state index in [1.807, 2.05) is 12.1 Å². The molecule has 1 heterocycles. The second kappa shape index (κ2) is 9.92. The smallest absolute Gasteiger partial charge is 0.262 e. The van der Waals surface area contributed by atoms with Gasteiger partial charge in [-0.1, -0.05) is 18.6 Å². The number of piperidine rings is 1. The molecule has 1 saturated heterocycles. The van der Waals surface area contributed by atoms with E-state index in [9.17, 15) is 13.2 Å². The average molecular weight is 459 g/mol. The second-order valence-corrected chi connectivity index (χ2v) is 10.2. The summed E-state index contributed by atoms with van der Waals surface area (Å²) >= 11 is 0. The van der Waals surface area contributed by atoms with Gasteiger partial charge in [-0.05, 0) is 73.9 Å². The lowest BCUT2D eigenvalue weighted by molar-refractivity contribution is -0.118. The number of methoxy groups -OCH3 is 1. The topological polar surface area (TPSA) is 84.9 Å². The van der Waals surface area contributed by atoms with Crippen molar-refractivity contribution in [3.05, 3.63) is 47.5 Å². The van der Waals surface area contributed by atoms with Crippen molar-refractivity contribution in [2.75, 3.05) is 32.1 Å². The quantitative estimate of drug-likeness (QED) is 0.683. The van der Waals surface area contributed by atoms with E-state index in [0.717, 1.165) is 44.3 Å². The van der Waals surface area contributed by atoms with Crippen molar-refractivity contribution in [3.63, 3.8) is 0 Å². The van der Waals surface area contributed by atoms with E-state index < -0.39 is 10.0 Å². The van der Waals surface area contributed by atoms with E-state index in [0.29, 0.717) is 18.8 Å². The van der Waals surface area contributed by atoms with Crippen molar-refractivity contribution in [3.8, 4) is 11.5 Å². The predicted molar refractivity (Wildman–Crippen MR) is 123 cm³/mol. The molecule has 0 spiro atoms. The number of anilines is 1. The van der Waals surface area contributed by atoms with Crippen LogP contribution in [-0.4, -0.2) is 45.4 Å². The fourth-order valence-corrected chi connectivity index (χ4v) is 6.12.